The summed E-state index contributed by atoms with van der Waals surface area (Å²) in [7, 11) is 0. The largest absolute Gasteiger partial charge is 0.409 e. The van der Waals surface area contributed by atoms with Crippen molar-refractivity contribution in [3.05, 3.63) is 34.9 Å². The first kappa shape index (κ1) is 15.0. The zero-order valence-corrected chi connectivity index (χ0v) is 11.7. The van der Waals surface area contributed by atoms with Gasteiger partial charge in [-0.3, -0.25) is 4.79 Å². The fourth-order valence-corrected chi connectivity index (χ4v) is 2.01. The van der Waals surface area contributed by atoms with Gasteiger partial charge in [-0.1, -0.05) is 23.4 Å². The van der Waals surface area contributed by atoms with Gasteiger partial charge in [0.25, 0.3) is 5.91 Å². The van der Waals surface area contributed by atoms with Gasteiger partial charge >= 0.3 is 0 Å². The van der Waals surface area contributed by atoms with E-state index >= 15 is 0 Å². The Bertz CT molecular complexity index is 463. The summed E-state index contributed by atoms with van der Waals surface area (Å²) in [6, 6.07) is 5.80. The van der Waals surface area contributed by atoms with Crippen LogP contribution in [0.5, 0.6) is 0 Å². The first-order valence-electron chi connectivity index (χ1n) is 6.33. The Morgan fingerprint density at radius 3 is 2.42 bits per heavy atom. The number of hydrogen-bond donors (Lipinski definition) is 2. The van der Waals surface area contributed by atoms with Crippen molar-refractivity contribution in [2.75, 3.05) is 13.1 Å². The number of carbonyl (C=O) groups excluding carboxylic acids is 1. The maximum atomic E-state index is 12.5. The highest BCUT2D eigenvalue weighted by atomic mass is 16.4. The lowest BCUT2D eigenvalue weighted by molar-refractivity contribution is 0.0767. The number of amidine groups is 1. The Morgan fingerprint density at radius 2 is 1.95 bits per heavy atom. The van der Waals surface area contributed by atoms with Crippen LogP contribution in [0.15, 0.2) is 23.4 Å². The van der Waals surface area contributed by atoms with Crippen molar-refractivity contribution in [2.45, 2.75) is 27.2 Å². The number of rotatable bonds is 5. The van der Waals surface area contributed by atoms with Crippen molar-refractivity contribution in [3.63, 3.8) is 0 Å². The van der Waals surface area contributed by atoms with Crippen LogP contribution in [-0.2, 0) is 0 Å². The van der Waals surface area contributed by atoms with E-state index in [1.165, 1.54) is 0 Å². The number of hydrogen-bond acceptors (Lipinski definition) is 3. The summed E-state index contributed by atoms with van der Waals surface area (Å²) in [6.45, 7) is 6.80. The maximum Gasteiger partial charge on any atom is 0.254 e. The number of aryl methyl sites for hydroxylation is 2. The molecule has 0 atom stereocenters. The van der Waals surface area contributed by atoms with Crippen molar-refractivity contribution >= 4 is 11.7 Å². The lowest BCUT2D eigenvalue weighted by atomic mass is 10.0. The first-order chi connectivity index (χ1) is 9.01. The standard InChI is InChI=1S/C14H21N3O2/c1-4-17(9-8-12(15)16-19)14(18)13-10(2)6-5-7-11(13)3/h5-7,19H,4,8-9H2,1-3H3,(H2,15,16). The summed E-state index contributed by atoms with van der Waals surface area (Å²) in [5.74, 6) is 0.122. The van der Waals surface area contributed by atoms with Crippen LogP contribution in [0.4, 0.5) is 0 Å². The Balaban J connectivity index is 2.90. The molecular weight excluding hydrogens is 242 g/mol. The van der Waals surface area contributed by atoms with Gasteiger partial charge in [-0.2, -0.15) is 0 Å². The molecule has 0 aromatic heterocycles. The summed E-state index contributed by atoms with van der Waals surface area (Å²) in [5.41, 5.74) is 8.11. The highest BCUT2D eigenvalue weighted by Crippen LogP contribution is 2.16. The van der Waals surface area contributed by atoms with Crippen LogP contribution in [0.3, 0.4) is 0 Å². The molecule has 104 valence electrons. The average molecular weight is 263 g/mol. The normalized spacial score (nSPS) is 11.4. The second-order valence-electron chi connectivity index (χ2n) is 4.49. The van der Waals surface area contributed by atoms with E-state index in [2.05, 4.69) is 5.16 Å². The Hall–Kier alpha value is -2.04. The summed E-state index contributed by atoms with van der Waals surface area (Å²) < 4.78 is 0. The van der Waals surface area contributed by atoms with Crippen molar-refractivity contribution in [2.24, 2.45) is 10.9 Å². The van der Waals surface area contributed by atoms with Crippen molar-refractivity contribution in [1.82, 2.24) is 4.90 Å². The van der Waals surface area contributed by atoms with Gasteiger partial charge in [-0.25, -0.2) is 0 Å². The molecule has 0 saturated heterocycles. The van der Waals surface area contributed by atoms with Crippen molar-refractivity contribution in [3.8, 4) is 0 Å². The molecule has 3 N–H and O–H groups in total. The molecule has 0 saturated carbocycles. The number of nitrogens with zero attached hydrogens (tertiary/aromatic N) is 2. The van der Waals surface area contributed by atoms with Crippen LogP contribution in [0.25, 0.3) is 0 Å². The minimum atomic E-state index is -0.0103. The zero-order valence-electron chi connectivity index (χ0n) is 11.7. The van der Waals surface area contributed by atoms with Gasteiger partial charge in [0.1, 0.15) is 5.84 Å². The number of oxime groups is 1. The SMILES string of the molecule is CCN(CC/C(N)=N/O)C(=O)c1c(C)cccc1C. The Labute approximate surface area is 113 Å². The zero-order chi connectivity index (χ0) is 14.4. The number of amides is 1. The molecule has 5 heteroatoms. The molecular formula is C14H21N3O2. The summed E-state index contributed by atoms with van der Waals surface area (Å²) in [4.78, 5) is 14.2. The van der Waals surface area contributed by atoms with E-state index in [0.29, 0.717) is 19.5 Å². The number of carbonyl (C=O) groups is 1. The average Bonchev–Trinajstić information content (AvgIpc) is 2.38. The smallest absolute Gasteiger partial charge is 0.254 e. The van der Waals surface area contributed by atoms with Gasteiger partial charge in [-0.15, -0.1) is 0 Å². The minimum absolute atomic E-state index is 0.0103. The molecule has 1 aromatic rings. The van der Waals surface area contributed by atoms with Gasteiger partial charge in [0, 0.05) is 25.1 Å². The molecule has 0 aliphatic rings. The molecule has 0 bridgehead atoms. The second kappa shape index (κ2) is 6.78. The van der Waals surface area contributed by atoms with E-state index in [-0.39, 0.29) is 11.7 Å². The van der Waals surface area contributed by atoms with Crippen LogP contribution < -0.4 is 5.73 Å². The molecule has 19 heavy (non-hydrogen) atoms. The number of nitrogens with two attached hydrogens (primary N) is 1. The van der Waals surface area contributed by atoms with E-state index in [1.54, 1.807) is 4.90 Å². The maximum absolute atomic E-state index is 12.5. The first-order valence-corrected chi connectivity index (χ1v) is 6.33. The van der Waals surface area contributed by atoms with Crippen LogP contribution in [-0.4, -0.2) is 34.9 Å². The molecule has 1 rings (SSSR count). The molecule has 0 fully saturated rings. The van der Waals surface area contributed by atoms with E-state index in [1.807, 2.05) is 39.0 Å². The minimum Gasteiger partial charge on any atom is -0.409 e. The third kappa shape index (κ3) is 3.71. The topological polar surface area (TPSA) is 78.9 Å². The molecule has 5 nitrogen and oxygen atoms in total. The van der Waals surface area contributed by atoms with Gasteiger partial charge in [0.15, 0.2) is 0 Å². The Morgan fingerprint density at radius 1 is 1.37 bits per heavy atom. The van der Waals surface area contributed by atoms with Crippen LogP contribution in [0.2, 0.25) is 0 Å². The molecule has 0 spiro atoms. The monoisotopic (exact) mass is 263 g/mol. The van der Waals surface area contributed by atoms with Crippen molar-refractivity contribution in [1.29, 1.82) is 0 Å². The summed E-state index contributed by atoms with van der Waals surface area (Å²) >= 11 is 0. The molecule has 1 aromatic carbocycles. The molecule has 1 amide bonds. The molecule has 0 aliphatic heterocycles. The van der Waals surface area contributed by atoms with E-state index < -0.39 is 0 Å². The fraction of sp³-hybridized carbons (Fsp3) is 0.429. The summed E-state index contributed by atoms with van der Waals surface area (Å²) in [5, 5.41) is 11.4. The van der Waals surface area contributed by atoms with Crippen LogP contribution in [0.1, 0.15) is 34.8 Å². The predicted octanol–water partition coefficient (Wildman–Crippen LogP) is 1.90. The lowest BCUT2D eigenvalue weighted by Crippen LogP contribution is -2.34. The second-order valence-corrected chi connectivity index (χ2v) is 4.49. The molecule has 0 radical (unpaired) electrons. The highest BCUT2D eigenvalue weighted by Gasteiger charge is 2.18. The van der Waals surface area contributed by atoms with E-state index in [4.69, 9.17) is 10.9 Å². The Kier molecular flexibility index (Phi) is 5.36. The van der Waals surface area contributed by atoms with E-state index in [0.717, 1.165) is 16.7 Å². The predicted molar refractivity (Wildman–Crippen MR) is 75.5 cm³/mol. The lowest BCUT2D eigenvalue weighted by Gasteiger charge is -2.22. The molecule has 0 unspecified atom stereocenters. The van der Waals surface area contributed by atoms with Gasteiger partial charge in [-0.05, 0) is 31.9 Å². The summed E-state index contributed by atoms with van der Waals surface area (Å²) in [6.07, 6.45) is 0.362. The van der Waals surface area contributed by atoms with Gasteiger partial charge < -0.3 is 15.8 Å². The highest BCUT2D eigenvalue weighted by molar-refractivity contribution is 5.97. The third-order valence-electron chi connectivity index (χ3n) is 3.13. The molecule has 0 aliphatic carbocycles. The van der Waals surface area contributed by atoms with Gasteiger partial charge in [0.2, 0.25) is 0 Å². The number of benzene rings is 1. The fourth-order valence-electron chi connectivity index (χ4n) is 2.01. The van der Waals surface area contributed by atoms with Crippen LogP contribution in [0, 0.1) is 13.8 Å². The quantitative estimate of drug-likeness (QED) is 0.368. The van der Waals surface area contributed by atoms with Crippen LogP contribution >= 0.6 is 0 Å². The van der Waals surface area contributed by atoms with E-state index in [9.17, 15) is 4.79 Å². The van der Waals surface area contributed by atoms with Gasteiger partial charge in [0.05, 0.1) is 0 Å². The molecule has 0 heterocycles. The third-order valence-corrected chi connectivity index (χ3v) is 3.13. The van der Waals surface area contributed by atoms with Crippen molar-refractivity contribution < 1.29 is 10.0 Å².